The molecule has 152 valence electrons. The molecule has 3 aromatic heterocycles. The molecule has 4 N–H and O–H groups in total. The minimum Gasteiger partial charge on any atom is -0.494 e. The number of nitrogens with zero attached hydrogens (tertiary/aromatic N) is 5. The second-order valence-corrected chi connectivity index (χ2v) is 7.52. The molecule has 0 unspecified atom stereocenters. The highest BCUT2D eigenvalue weighted by Crippen LogP contribution is 2.53. The van der Waals surface area contributed by atoms with Gasteiger partial charge in [-0.05, 0) is 18.8 Å². The zero-order valence-corrected chi connectivity index (χ0v) is 16.2. The van der Waals surface area contributed by atoms with Crippen LogP contribution in [-0.4, -0.2) is 44.4 Å². The molecular formula is C20H20N8O2. The van der Waals surface area contributed by atoms with Crippen molar-refractivity contribution in [1.82, 2.24) is 25.1 Å². The van der Waals surface area contributed by atoms with Crippen LogP contribution in [0.2, 0.25) is 0 Å². The number of H-pyrrole nitrogens is 1. The number of nitrogens with two attached hydrogens (primary N) is 1. The van der Waals surface area contributed by atoms with Crippen molar-refractivity contribution < 1.29 is 9.47 Å². The Hall–Kier alpha value is -3.71. The molecule has 10 heteroatoms. The lowest BCUT2D eigenvalue weighted by Gasteiger charge is -2.19. The van der Waals surface area contributed by atoms with Gasteiger partial charge >= 0.3 is 0 Å². The molecule has 2 saturated carbocycles. The molecule has 0 bridgehead atoms. The highest BCUT2D eigenvalue weighted by Gasteiger charge is 2.54. The van der Waals surface area contributed by atoms with Gasteiger partial charge in [0.05, 0.1) is 43.2 Å². The number of aromatic nitrogens is 5. The summed E-state index contributed by atoms with van der Waals surface area (Å²) in [7, 11) is 1.59. The molecule has 0 amide bonds. The summed E-state index contributed by atoms with van der Waals surface area (Å²) in [5, 5.41) is 19.2. The number of nitriles is 1. The lowest BCUT2D eigenvalue weighted by Crippen LogP contribution is -2.24. The maximum atomic E-state index is 8.83. The number of hydrogen-bond acceptors (Lipinski definition) is 9. The number of ether oxygens (including phenoxy) is 2. The van der Waals surface area contributed by atoms with E-state index in [-0.39, 0.29) is 17.8 Å². The molecule has 2 fully saturated rings. The zero-order valence-electron chi connectivity index (χ0n) is 16.2. The van der Waals surface area contributed by atoms with Gasteiger partial charge in [-0.1, -0.05) is 0 Å². The smallest absolute Gasteiger partial charge is 0.158 e. The first-order valence-electron chi connectivity index (χ1n) is 9.65. The summed E-state index contributed by atoms with van der Waals surface area (Å²) >= 11 is 0. The van der Waals surface area contributed by atoms with E-state index in [1.807, 2.05) is 12.1 Å². The average Bonchev–Trinajstić information content (AvgIpc) is 3.36. The highest BCUT2D eigenvalue weighted by molar-refractivity contribution is 5.75. The fraction of sp³-hybridized carbons (Fsp3) is 0.350. The minimum absolute atomic E-state index is 0.0899. The number of anilines is 2. The van der Waals surface area contributed by atoms with Crippen LogP contribution in [-0.2, 0) is 0 Å². The maximum absolute atomic E-state index is 8.83. The van der Waals surface area contributed by atoms with Crippen molar-refractivity contribution in [3.05, 3.63) is 36.5 Å². The Morgan fingerprint density at radius 3 is 2.67 bits per heavy atom. The van der Waals surface area contributed by atoms with Gasteiger partial charge in [0.25, 0.3) is 0 Å². The van der Waals surface area contributed by atoms with E-state index in [0.717, 1.165) is 18.4 Å². The van der Waals surface area contributed by atoms with E-state index in [2.05, 4.69) is 30.5 Å². The molecule has 5 rings (SSSR count). The number of hydrogen-bond donors (Lipinski definition) is 3. The van der Waals surface area contributed by atoms with E-state index in [0.29, 0.717) is 40.7 Å². The fourth-order valence-electron chi connectivity index (χ4n) is 4.10. The second kappa shape index (κ2) is 7.27. The van der Waals surface area contributed by atoms with Gasteiger partial charge in [0.15, 0.2) is 17.3 Å². The summed E-state index contributed by atoms with van der Waals surface area (Å²) in [6.07, 6.45) is 8.27. The summed E-state index contributed by atoms with van der Waals surface area (Å²) in [6.45, 7) is 0. The second-order valence-electron chi connectivity index (χ2n) is 7.52. The van der Waals surface area contributed by atoms with Crippen LogP contribution >= 0.6 is 0 Å². The van der Waals surface area contributed by atoms with Gasteiger partial charge < -0.3 is 20.5 Å². The molecule has 0 saturated heterocycles. The van der Waals surface area contributed by atoms with Crippen molar-refractivity contribution >= 4 is 11.6 Å². The molecule has 10 nitrogen and oxygen atoms in total. The molecule has 0 spiro atoms. The predicted molar refractivity (Wildman–Crippen MR) is 107 cm³/mol. The minimum atomic E-state index is 0.0899. The van der Waals surface area contributed by atoms with E-state index in [9.17, 15) is 0 Å². The van der Waals surface area contributed by atoms with Crippen LogP contribution in [0.3, 0.4) is 0 Å². The molecule has 2 aliphatic rings. The largest absolute Gasteiger partial charge is 0.494 e. The third-order valence-electron chi connectivity index (χ3n) is 5.67. The van der Waals surface area contributed by atoms with Crippen LogP contribution in [0.25, 0.3) is 11.3 Å². The highest BCUT2D eigenvalue weighted by atomic mass is 16.5. The van der Waals surface area contributed by atoms with Gasteiger partial charge in [0.2, 0.25) is 0 Å². The summed E-state index contributed by atoms with van der Waals surface area (Å²) < 4.78 is 11.9. The number of aromatic amines is 1. The lowest BCUT2D eigenvalue weighted by molar-refractivity contribution is 0.183. The van der Waals surface area contributed by atoms with Crippen LogP contribution in [0.15, 0.2) is 30.9 Å². The number of fused-ring (bicyclic) bond motifs is 1. The standard InChI is InChI=1S/C20H20N8O2/c1-29-16-7-23-8-17(30-15-3-13(22)11-2-12(11)15)20(16)14-4-18(28-27-14)26-19-9-24-10(5-21)6-25-19/h4,6-9,11-13,15H,2-3,22H2,1H3,(H2,25,26,27,28)/t11-,12+,13-,15-/m0/s1. The SMILES string of the molecule is COc1cncc(O[C@H]2C[C@H](N)[C@H]3C[C@H]32)c1-c1cc(Nc2cnc(C#N)cn2)n[nH]1. The number of methoxy groups -OCH3 is 1. The molecule has 0 aromatic carbocycles. The summed E-state index contributed by atoms with van der Waals surface area (Å²) in [4.78, 5) is 12.4. The molecule has 30 heavy (non-hydrogen) atoms. The fourth-order valence-corrected chi connectivity index (χ4v) is 4.10. The zero-order chi connectivity index (χ0) is 20.7. The summed E-state index contributed by atoms with van der Waals surface area (Å²) in [5.74, 6) is 3.33. The van der Waals surface area contributed by atoms with Gasteiger partial charge in [-0.2, -0.15) is 10.4 Å². The van der Waals surface area contributed by atoms with Crippen LogP contribution in [0.1, 0.15) is 18.5 Å². The molecule has 3 aromatic rings. The first kappa shape index (κ1) is 18.3. The first-order valence-corrected chi connectivity index (χ1v) is 9.65. The molecular weight excluding hydrogens is 384 g/mol. The maximum Gasteiger partial charge on any atom is 0.158 e. The monoisotopic (exact) mass is 404 g/mol. The Labute approximate surface area is 172 Å². The normalized spacial score (nSPS) is 24.0. The third kappa shape index (κ3) is 3.29. The van der Waals surface area contributed by atoms with Crippen LogP contribution in [0, 0.1) is 23.2 Å². The van der Waals surface area contributed by atoms with Gasteiger partial charge in [0.1, 0.15) is 23.7 Å². The number of rotatable bonds is 6. The Balaban J connectivity index is 1.41. The van der Waals surface area contributed by atoms with Crippen molar-refractivity contribution in [2.45, 2.75) is 25.0 Å². The molecule has 3 heterocycles. The van der Waals surface area contributed by atoms with Crippen molar-refractivity contribution in [3.8, 4) is 28.8 Å². The number of pyridine rings is 1. The lowest BCUT2D eigenvalue weighted by atomic mass is 10.1. The number of nitrogens with one attached hydrogen (secondary N) is 2. The van der Waals surface area contributed by atoms with Crippen LogP contribution in [0.5, 0.6) is 11.5 Å². The Morgan fingerprint density at radius 1 is 1.13 bits per heavy atom. The van der Waals surface area contributed by atoms with Crippen molar-refractivity contribution in [2.24, 2.45) is 17.6 Å². The van der Waals surface area contributed by atoms with Gasteiger partial charge in [0, 0.05) is 18.0 Å². The van der Waals surface area contributed by atoms with Crippen molar-refractivity contribution in [3.63, 3.8) is 0 Å². The first-order chi connectivity index (χ1) is 14.7. The van der Waals surface area contributed by atoms with E-state index in [1.165, 1.54) is 12.4 Å². The van der Waals surface area contributed by atoms with Crippen molar-refractivity contribution in [1.29, 1.82) is 5.26 Å². The molecule has 2 aliphatic carbocycles. The Morgan fingerprint density at radius 2 is 2.00 bits per heavy atom. The molecule has 0 radical (unpaired) electrons. The van der Waals surface area contributed by atoms with Gasteiger partial charge in [-0.25, -0.2) is 9.97 Å². The Kier molecular flexibility index (Phi) is 4.44. The Bertz CT molecular complexity index is 1110. The predicted octanol–water partition coefficient (Wildman–Crippen LogP) is 2.00. The summed E-state index contributed by atoms with van der Waals surface area (Å²) in [6, 6.07) is 3.97. The molecule has 0 aliphatic heterocycles. The van der Waals surface area contributed by atoms with Crippen molar-refractivity contribution in [2.75, 3.05) is 12.4 Å². The van der Waals surface area contributed by atoms with E-state index in [4.69, 9.17) is 20.5 Å². The van der Waals surface area contributed by atoms with E-state index < -0.39 is 0 Å². The van der Waals surface area contributed by atoms with Crippen LogP contribution < -0.4 is 20.5 Å². The summed E-state index contributed by atoms with van der Waals surface area (Å²) in [5.41, 5.74) is 7.89. The quantitative estimate of drug-likeness (QED) is 0.561. The van der Waals surface area contributed by atoms with E-state index >= 15 is 0 Å². The topological polar surface area (TPSA) is 148 Å². The average molecular weight is 404 g/mol. The molecule has 4 atom stereocenters. The van der Waals surface area contributed by atoms with Gasteiger partial charge in [-0.15, -0.1) is 0 Å². The third-order valence-corrected chi connectivity index (χ3v) is 5.67. The van der Waals surface area contributed by atoms with Gasteiger partial charge in [-0.3, -0.25) is 10.1 Å². The van der Waals surface area contributed by atoms with Crippen LogP contribution in [0.4, 0.5) is 11.6 Å². The van der Waals surface area contributed by atoms with E-state index in [1.54, 1.807) is 19.5 Å².